The molecule has 0 radical (unpaired) electrons. The molecule has 1 fully saturated rings. The molecule has 158 valence electrons. The highest BCUT2D eigenvalue weighted by Crippen LogP contribution is 2.35. The number of hydrogen-bond donors (Lipinski definition) is 2. The van der Waals surface area contributed by atoms with Crippen LogP contribution in [0.2, 0.25) is 0 Å². The van der Waals surface area contributed by atoms with Crippen molar-refractivity contribution in [1.82, 2.24) is 10.2 Å². The Labute approximate surface area is 176 Å². The molecule has 7 nitrogen and oxygen atoms in total. The van der Waals surface area contributed by atoms with Crippen LogP contribution in [0.5, 0.6) is 0 Å². The van der Waals surface area contributed by atoms with E-state index in [9.17, 15) is 14.4 Å². The van der Waals surface area contributed by atoms with Gasteiger partial charge in [-0.1, -0.05) is 42.0 Å². The molecule has 1 aliphatic rings. The first-order valence-electron chi connectivity index (χ1n) is 9.95. The van der Waals surface area contributed by atoms with Crippen molar-refractivity contribution >= 4 is 23.6 Å². The number of aryl methyl sites for hydroxylation is 1. The molecule has 2 N–H and O–H groups in total. The number of cyclic esters (lactones) is 1. The second-order valence-electron chi connectivity index (χ2n) is 7.83. The maximum Gasteiger partial charge on any atom is 0.411 e. The Morgan fingerprint density at radius 3 is 2.47 bits per heavy atom. The summed E-state index contributed by atoms with van der Waals surface area (Å²) in [5.41, 5.74) is 3.25. The molecule has 0 saturated carbocycles. The Kier molecular flexibility index (Phi) is 6.40. The zero-order chi connectivity index (χ0) is 21.8. The Bertz CT molecular complexity index is 940. The summed E-state index contributed by atoms with van der Waals surface area (Å²) in [5.74, 6) is -0.483. The van der Waals surface area contributed by atoms with Gasteiger partial charge in [-0.2, -0.15) is 0 Å². The maximum absolute atomic E-state index is 13.0. The number of rotatable bonds is 6. The fraction of sp³-hybridized carbons (Fsp3) is 0.348. The molecular weight excluding hydrogens is 382 g/mol. The minimum atomic E-state index is -0.825. The van der Waals surface area contributed by atoms with Crippen LogP contribution >= 0.6 is 0 Å². The van der Waals surface area contributed by atoms with Crippen LogP contribution in [0.1, 0.15) is 43.6 Å². The molecule has 1 aliphatic heterocycles. The highest BCUT2D eigenvalue weighted by molar-refractivity contribution is 5.90. The van der Waals surface area contributed by atoms with E-state index in [0.29, 0.717) is 11.3 Å². The van der Waals surface area contributed by atoms with Gasteiger partial charge in [-0.3, -0.25) is 14.5 Å². The van der Waals surface area contributed by atoms with Crippen LogP contribution in [-0.4, -0.2) is 34.9 Å². The number of carbonyl (C=O) groups excluding carboxylic acids is 3. The molecule has 2 aromatic rings. The minimum absolute atomic E-state index is 0.0826. The smallest absolute Gasteiger partial charge is 0.411 e. The molecule has 3 rings (SSSR count). The van der Waals surface area contributed by atoms with Gasteiger partial charge >= 0.3 is 6.09 Å². The molecule has 0 unspecified atom stereocenters. The van der Waals surface area contributed by atoms with Gasteiger partial charge < -0.3 is 15.4 Å². The first kappa shape index (κ1) is 21.4. The molecule has 1 heterocycles. The van der Waals surface area contributed by atoms with Crippen LogP contribution in [-0.2, 0) is 20.9 Å². The predicted octanol–water partition coefficient (Wildman–Crippen LogP) is 3.54. The van der Waals surface area contributed by atoms with E-state index >= 15 is 0 Å². The van der Waals surface area contributed by atoms with Crippen LogP contribution in [0.4, 0.5) is 10.5 Å². The van der Waals surface area contributed by atoms with E-state index in [1.54, 1.807) is 24.3 Å². The fourth-order valence-electron chi connectivity index (χ4n) is 3.47. The zero-order valence-corrected chi connectivity index (χ0v) is 17.6. The molecule has 30 heavy (non-hydrogen) atoms. The summed E-state index contributed by atoms with van der Waals surface area (Å²) < 4.78 is 5.64. The van der Waals surface area contributed by atoms with Crippen molar-refractivity contribution in [3.63, 3.8) is 0 Å². The fourth-order valence-corrected chi connectivity index (χ4v) is 3.47. The van der Waals surface area contributed by atoms with Crippen LogP contribution in [0.25, 0.3) is 0 Å². The normalized spacial score (nSPS) is 18.3. The molecule has 1 saturated heterocycles. The van der Waals surface area contributed by atoms with Gasteiger partial charge in [-0.25, -0.2) is 4.79 Å². The van der Waals surface area contributed by atoms with Crippen molar-refractivity contribution in [3.05, 3.63) is 65.2 Å². The minimum Gasteiger partial charge on any atom is -0.438 e. The number of hydrogen-bond acceptors (Lipinski definition) is 4. The third kappa shape index (κ3) is 4.97. The highest BCUT2D eigenvalue weighted by atomic mass is 16.6. The lowest BCUT2D eigenvalue weighted by Crippen LogP contribution is -2.48. The highest BCUT2D eigenvalue weighted by Gasteiger charge is 2.47. The number of nitrogens with zero attached hydrogens (tertiary/aromatic N) is 1. The van der Waals surface area contributed by atoms with Gasteiger partial charge in [0, 0.05) is 18.7 Å². The van der Waals surface area contributed by atoms with E-state index in [1.165, 1.54) is 11.8 Å². The van der Waals surface area contributed by atoms with E-state index in [-0.39, 0.29) is 24.4 Å². The van der Waals surface area contributed by atoms with Gasteiger partial charge in [0.1, 0.15) is 0 Å². The summed E-state index contributed by atoms with van der Waals surface area (Å²) in [5, 5.41) is 5.61. The van der Waals surface area contributed by atoms with Crippen LogP contribution in [0.3, 0.4) is 0 Å². The number of carbonyl (C=O) groups is 3. The Morgan fingerprint density at radius 2 is 1.83 bits per heavy atom. The third-order valence-electron chi connectivity index (χ3n) is 4.79. The summed E-state index contributed by atoms with van der Waals surface area (Å²) in [7, 11) is 0. The van der Waals surface area contributed by atoms with Gasteiger partial charge in [0.05, 0.1) is 6.54 Å². The first-order valence-corrected chi connectivity index (χ1v) is 9.95. The second kappa shape index (κ2) is 8.98. The van der Waals surface area contributed by atoms with Gasteiger partial charge in [-0.15, -0.1) is 0 Å². The number of nitrogens with one attached hydrogen (secondary N) is 2. The Morgan fingerprint density at radius 1 is 1.13 bits per heavy atom. The average Bonchev–Trinajstić information content (AvgIpc) is 2.99. The average molecular weight is 409 g/mol. The van der Waals surface area contributed by atoms with Crippen molar-refractivity contribution < 1.29 is 19.1 Å². The van der Waals surface area contributed by atoms with E-state index in [2.05, 4.69) is 10.6 Å². The van der Waals surface area contributed by atoms with Crippen LogP contribution in [0, 0.1) is 6.92 Å². The van der Waals surface area contributed by atoms with Gasteiger partial charge in [0.15, 0.2) is 12.1 Å². The van der Waals surface area contributed by atoms with E-state index < -0.39 is 18.2 Å². The monoisotopic (exact) mass is 409 g/mol. The molecule has 0 aromatic heterocycles. The quantitative estimate of drug-likeness (QED) is 0.764. The van der Waals surface area contributed by atoms with Crippen LogP contribution < -0.4 is 10.6 Å². The Balaban J connectivity index is 1.93. The Hall–Kier alpha value is -3.35. The van der Waals surface area contributed by atoms with E-state index in [0.717, 1.165) is 11.1 Å². The van der Waals surface area contributed by atoms with E-state index in [4.69, 9.17) is 4.74 Å². The van der Waals surface area contributed by atoms with Crippen molar-refractivity contribution in [2.45, 2.75) is 52.4 Å². The number of benzene rings is 2. The van der Waals surface area contributed by atoms with Crippen molar-refractivity contribution in [1.29, 1.82) is 0 Å². The molecule has 2 atom stereocenters. The predicted molar refractivity (Wildman–Crippen MR) is 114 cm³/mol. The summed E-state index contributed by atoms with van der Waals surface area (Å²) in [4.78, 5) is 38.7. The van der Waals surface area contributed by atoms with Gasteiger partial charge in [-0.05, 0) is 44.0 Å². The second-order valence-corrected chi connectivity index (χ2v) is 7.83. The van der Waals surface area contributed by atoms with Crippen molar-refractivity contribution in [2.75, 3.05) is 5.32 Å². The third-order valence-corrected chi connectivity index (χ3v) is 4.79. The summed E-state index contributed by atoms with van der Waals surface area (Å²) in [6.45, 7) is 7.41. The summed E-state index contributed by atoms with van der Waals surface area (Å²) in [6, 6.07) is 13.9. The summed E-state index contributed by atoms with van der Waals surface area (Å²) >= 11 is 0. The van der Waals surface area contributed by atoms with E-state index in [1.807, 2.05) is 45.0 Å². The zero-order valence-electron chi connectivity index (χ0n) is 17.6. The van der Waals surface area contributed by atoms with Gasteiger partial charge in [0.25, 0.3) is 0 Å². The maximum atomic E-state index is 13.0. The SMILES string of the molecule is CC(=O)Nc1cccc([C@H]2OC(=O)N(Cc3ccc(C)cc3)[C@H]2C(=O)NC(C)C)c1. The number of anilines is 1. The standard InChI is InChI=1S/C23H27N3O4/c1-14(2)24-22(28)20-21(18-6-5-7-19(12-18)25-16(4)27)30-23(29)26(20)13-17-10-8-15(3)9-11-17/h5-12,14,20-21H,13H2,1-4H3,(H,24,28)(H,25,27)/t20-,21-/m1/s1. The molecule has 3 amide bonds. The van der Waals surface area contributed by atoms with Crippen molar-refractivity contribution in [2.24, 2.45) is 0 Å². The molecule has 0 bridgehead atoms. The lowest BCUT2D eigenvalue weighted by molar-refractivity contribution is -0.126. The number of amides is 3. The first-order chi connectivity index (χ1) is 14.2. The van der Waals surface area contributed by atoms with Crippen LogP contribution in [0.15, 0.2) is 48.5 Å². The molecule has 2 aromatic carbocycles. The lowest BCUT2D eigenvalue weighted by Gasteiger charge is -2.25. The largest absolute Gasteiger partial charge is 0.438 e. The molecule has 0 spiro atoms. The molecular formula is C23H27N3O4. The molecule has 7 heteroatoms. The van der Waals surface area contributed by atoms with Gasteiger partial charge in [0.2, 0.25) is 11.8 Å². The number of ether oxygens (including phenoxy) is 1. The lowest BCUT2D eigenvalue weighted by atomic mass is 9.99. The summed E-state index contributed by atoms with van der Waals surface area (Å²) in [6.07, 6.45) is -1.33. The topological polar surface area (TPSA) is 87.7 Å². The van der Waals surface area contributed by atoms with Crippen molar-refractivity contribution in [3.8, 4) is 0 Å². The molecule has 0 aliphatic carbocycles.